The SMILES string of the molecule is CNC(=O)N1CCc2c(c(COCc3ccc(F)cc3Cl)nn2C)C1. The number of nitrogens with zero attached hydrogens (tertiary/aromatic N) is 3. The second kappa shape index (κ2) is 7.41. The number of halogens is 2. The Morgan fingerprint density at radius 1 is 1.44 bits per heavy atom. The van der Waals surface area contributed by atoms with Crippen molar-refractivity contribution in [1.82, 2.24) is 20.0 Å². The Kier molecular flexibility index (Phi) is 5.24. The van der Waals surface area contributed by atoms with Gasteiger partial charge in [-0.05, 0) is 17.7 Å². The quantitative estimate of drug-likeness (QED) is 0.904. The zero-order valence-electron chi connectivity index (χ0n) is 14.2. The van der Waals surface area contributed by atoms with Gasteiger partial charge in [-0.15, -0.1) is 0 Å². The molecule has 2 heterocycles. The normalized spacial score (nSPS) is 13.7. The van der Waals surface area contributed by atoms with Crippen molar-refractivity contribution in [1.29, 1.82) is 0 Å². The van der Waals surface area contributed by atoms with Crippen molar-refractivity contribution in [2.24, 2.45) is 7.05 Å². The number of fused-ring (bicyclic) bond motifs is 1. The topological polar surface area (TPSA) is 59.4 Å². The van der Waals surface area contributed by atoms with E-state index in [-0.39, 0.29) is 18.5 Å². The third kappa shape index (κ3) is 3.77. The molecule has 0 aliphatic carbocycles. The summed E-state index contributed by atoms with van der Waals surface area (Å²) in [6, 6.07) is 4.14. The molecule has 8 heteroatoms. The smallest absolute Gasteiger partial charge is 0.317 e. The molecule has 0 radical (unpaired) electrons. The third-order valence-electron chi connectivity index (χ3n) is 4.34. The molecule has 2 amide bonds. The van der Waals surface area contributed by atoms with Crippen molar-refractivity contribution in [2.75, 3.05) is 13.6 Å². The van der Waals surface area contributed by atoms with Crippen LogP contribution in [0.4, 0.5) is 9.18 Å². The van der Waals surface area contributed by atoms with E-state index < -0.39 is 0 Å². The van der Waals surface area contributed by atoms with E-state index in [0.29, 0.717) is 24.7 Å². The van der Waals surface area contributed by atoms with Crippen LogP contribution in [0, 0.1) is 5.82 Å². The number of amides is 2. The van der Waals surface area contributed by atoms with Crippen LogP contribution in [0.25, 0.3) is 0 Å². The van der Waals surface area contributed by atoms with Gasteiger partial charge in [0.25, 0.3) is 0 Å². The predicted octanol–water partition coefficient (Wildman–Crippen LogP) is 2.63. The lowest BCUT2D eigenvalue weighted by Crippen LogP contribution is -2.41. The second-order valence-electron chi connectivity index (χ2n) is 5.95. The Balaban J connectivity index is 1.68. The summed E-state index contributed by atoms with van der Waals surface area (Å²) in [6.45, 7) is 1.75. The Morgan fingerprint density at radius 3 is 2.96 bits per heavy atom. The van der Waals surface area contributed by atoms with E-state index in [1.807, 2.05) is 11.7 Å². The molecule has 6 nitrogen and oxygen atoms in total. The number of hydrogen-bond donors (Lipinski definition) is 1. The highest BCUT2D eigenvalue weighted by Crippen LogP contribution is 2.24. The second-order valence-corrected chi connectivity index (χ2v) is 6.36. The summed E-state index contributed by atoms with van der Waals surface area (Å²) >= 11 is 6.01. The van der Waals surface area contributed by atoms with E-state index in [9.17, 15) is 9.18 Å². The van der Waals surface area contributed by atoms with Gasteiger partial charge in [-0.1, -0.05) is 17.7 Å². The first kappa shape index (κ1) is 17.7. The Morgan fingerprint density at radius 2 is 2.24 bits per heavy atom. The number of ether oxygens (including phenoxy) is 1. The Bertz CT molecular complexity index is 793. The first-order chi connectivity index (χ1) is 12.0. The predicted molar refractivity (Wildman–Crippen MR) is 91.7 cm³/mol. The highest BCUT2D eigenvalue weighted by molar-refractivity contribution is 6.31. The molecule has 3 rings (SSSR count). The molecule has 0 saturated heterocycles. The zero-order valence-corrected chi connectivity index (χ0v) is 14.9. The molecule has 1 aliphatic rings. The molecule has 1 N–H and O–H groups in total. The van der Waals surface area contributed by atoms with Crippen LogP contribution < -0.4 is 5.32 Å². The van der Waals surface area contributed by atoms with Crippen molar-refractivity contribution in [3.8, 4) is 0 Å². The fourth-order valence-electron chi connectivity index (χ4n) is 3.01. The number of benzene rings is 1. The maximum Gasteiger partial charge on any atom is 0.317 e. The van der Waals surface area contributed by atoms with Gasteiger partial charge < -0.3 is 15.0 Å². The van der Waals surface area contributed by atoms with Crippen LogP contribution in [-0.2, 0) is 38.0 Å². The molecule has 25 heavy (non-hydrogen) atoms. The van der Waals surface area contributed by atoms with Crippen LogP contribution in [-0.4, -0.2) is 34.3 Å². The number of rotatable bonds is 4. The molecule has 0 unspecified atom stereocenters. The lowest BCUT2D eigenvalue weighted by Gasteiger charge is -2.27. The van der Waals surface area contributed by atoms with Gasteiger partial charge in [-0.25, -0.2) is 9.18 Å². The maximum absolute atomic E-state index is 13.1. The average molecular weight is 367 g/mol. The van der Waals surface area contributed by atoms with Crippen LogP contribution >= 0.6 is 11.6 Å². The summed E-state index contributed by atoms with van der Waals surface area (Å²) in [5, 5.41) is 7.51. The van der Waals surface area contributed by atoms with Crippen molar-refractivity contribution in [3.05, 3.63) is 51.6 Å². The van der Waals surface area contributed by atoms with E-state index in [2.05, 4.69) is 10.4 Å². The molecular weight excluding hydrogens is 347 g/mol. The lowest BCUT2D eigenvalue weighted by atomic mass is 10.1. The number of urea groups is 1. The van der Waals surface area contributed by atoms with Crippen LogP contribution in [0.5, 0.6) is 0 Å². The molecule has 1 aromatic carbocycles. The molecule has 0 bridgehead atoms. The first-order valence-electron chi connectivity index (χ1n) is 8.01. The highest BCUT2D eigenvalue weighted by atomic mass is 35.5. The number of aromatic nitrogens is 2. The van der Waals surface area contributed by atoms with E-state index in [0.717, 1.165) is 28.9 Å². The van der Waals surface area contributed by atoms with E-state index >= 15 is 0 Å². The molecule has 134 valence electrons. The standard InChI is InChI=1S/C17H20ClFN4O2/c1-20-17(24)23-6-5-16-13(8-23)15(21-22(16)2)10-25-9-11-3-4-12(19)7-14(11)18/h3-4,7H,5-6,8-10H2,1-2H3,(H,20,24). The van der Waals surface area contributed by atoms with Crippen molar-refractivity contribution in [2.45, 2.75) is 26.2 Å². The molecule has 0 fully saturated rings. The van der Waals surface area contributed by atoms with Gasteiger partial charge in [0, 0.05) is 43.3 Å². The van der Waals surface area contributed by atoms with Gasteiger partial charge >= 0.3 is 6.03 Å². The largest absolute Gasteiger partial charge is 0.370 e. The number of aryl methyl sites for hydroxylation is 1. The lowest BCUT2D eigenvalue weighted by molar-refractivity contribution is 0.103. The van der Waals surface area contributed by atoms with Crippen LogP contribution in [0.2, 0.25) is 5.02 Å². The molecule has 0 atom stereocenters. The third-order valence-corrected chi connectivity index (χ3v) is 4.69. The Hall–Kier alpha value is -2.12. The summed E-state index contributed by atoms with van der Waals surface area (Å²) in [5.74, 6) is -0.373. The van der Waals surface area contributed by atoms with Crippen LogP contribution in [0.3, 0.4) is 0 Å². The molecule has 0 spiro atoms. The summed E-state index contributed by atoms with van der Waals surface area (Å²) < 4.78 is 20.7. The zero-order chi connectivity index (χ0) is 18.0. The minimum Gasteiger partial charge on any atom is -0.370 e. The molecule has 1 aromatic heterocycles. The van der Waals surface area contributed by atoms with Gasteiger partial charge in [0.2, 0.25) is 0 Å². The van der Waals surface area contributed by atoms with Crippen molar-refractivity contribution < 1.29 is 13.9 Å². The highest BCUT2D eigenvalue weighted by Gasteiger charge is 2.26. The minimum atomic E-state index is -0.373. The summed E-state index contributed by atoms with van der Waals surface area (Å²) in [6.07, 6.45) is 0.760. The summed E-state index contributed by atoms with van der Waals surface area (Å²) in [5.41, 5.74) is 3.69. The number of carbonyl (C=O) groups is 1. The van der Waals surface area contributed by atoms with E-state index in [1.165, 1.54) is 12.1 Å². The van der Waals surface area contributed by atoms with Gasteiger partial charge in [-0.2, -0.15) is 5.10 Å². The Labute approximate surface area is 150 Å². The van der Waals surface area contributed by atoms with Gasteiger partial charge in [0.05, 0.1) is 25.5 Å². The number of hydrogen-bond acceptors (Lipinski definition) is 3. The van der Waals surface area contributed by atoms with Gasteiger partial charge in [-0.3, -0.25) is 4.68 Å². The van der Waals surface area contributed by atoms with Gasteiger partial charge in [0.1, 0.15) is 5.82 Å². The van der Waals surface area contributed by atoms with Crippen molar-refractivity contribution >= 4 is 17.6 Å². The van der Waals surface area contributed by atoms with E-state index in [1.54, 1.807) is 18.0 Å². The monoisotopic (exact) mass is 366 g/mol. The van der Waals surface area contributed by atoms with Crippen molar-refractivity contribution in [3.63, 3.8) is 0 Å². The van der Waals surface area contributed by atoms with Crippen LogP contribution in [0.1, 0.15) is 22.5 Å². The first-order valence-corrected chi connectivity index (χ1v) is 8.39. The molecule has 2 aromatic rings. The minimum absolute atomic E-state index is 0.0977. The summed E-state index contributed by atoms with van der Waals surface area (Å²) in [4.78, 5) is 13.6. The van der Waals surface area contributed by atoms with E-state index in [4.69, 9.17) is 16.3 Å². The molecule has 0 saturated carbocycles. The summed E-state index contributed by atoms with van der Waals surface area (Å²) in [7, 11) is 3.52. The molecular formula is C17H20ClFN4O2. The fourth-order valence-corrected chi connectivity index (χ4v) is 3.24. The van der Waals surface area contributed by atoms with Gasteiger partial charge in [0.15, 0.2) is 0 Å². The number of nitrogens with one attached hydrogen (secondary N) is 1. The van der Waals surface area contributed by atoms with Crippen LogP contribution in [0.15, 0.2) is 18.2 Å². The average Bonchev–Trinajstić information content (AvgIpc) is 2.91. The fraction of sp³-hybridized carbons (Fsp3) is 0.412. The molecule has 1 aliphatic heterocycles. The maximum atomic E-state index is 13.1. The number of carbonyl (C=O) groups excluding carboxylic acids is 1.